The molecular weight excluding hydrogens is 316 g/mol. The monoisotopic (exact) mass is 350 g/mol. The Labute approximate surface area is 152 Å². The quantitative estimate of drug-likeness (QED) is 0.679. The van der Waals surface area contributed by atoms with Crippen molar-refractivity contribution in [3.8, 4) is 11.5 Å². The van der Waals surface area contributed by atoms with Gasteiger partial charge in [-0.2, -0.15) is 0 Å². The van der Waals surface area contributed by atoms with E-state index in [-0.39, 0.29) is 12.1 Å². The minimum atomic E-state index is 0.0264. The summed E-state index contributed by atoms with van der Waals surface area (Å²) in [6.45, 7) is 1.42. The smallest absolute Gasteiger partial charge is 0.123 e. The fourth-order valence-corrected chi connectivity index (χ4v) is 3.74. The van der Waals surface area contributed by atoms with Gasteiger partial charge in [-0.15, -0.1) is 0 Å². The number of hydrogen-bond donors (Lipinski definition) is 2. The van der Waals surface area contributed by atoms with Crippen LogP contribution in [0.1, 0.15) is 44.1 Å². The maximum atomic E-state index is 6.43. The highest BCUT2D eigenvalue weighted by atomic mass is 16.5. The summed E-state index contributed by atoms with van der Waals surface area (Å²) >= 11 is 0. The Morgan fingerprint density at radius 2 is 1.88 bits per heavy atom. The van der Waals surface area contributed by atoms with Crippen LogP contribution < -0.4 is 20.5 Å². The first-order valence-electron chi connectivity index (χ1n) is 9.38. The lowest BCUT2D eigenvalue weighted by molar-refractivity contribution is 0.0694. The molecule has 1 unspecified atom stereocenters. The molecule has 0 heterocycles. The van der Waals surface area contributed by atoms with Crippen LogP contribution in [0.3, 0.4) is 0 Å². The first kappa shape index (κ1) is 20.0. The molecule has 25 heavy (non-hydrogen) atoms. The van der Waals surface area contributed by atoms with Crippen LogP contribution in [0.4, 0.5) is 0 Å². The van der Waals surface area contributed by atoms with Crippen LogP contribution in [-0.4, -0.2) is 40.0 Å². The molecule has 0 aliphatic heterocycles. The zero-order valence-corrected chi connectivity index (χ0v) is 15.9. The Kier molecular flexibility index (Phi) is 8.52. The van der Waals surface area contributed by atoms with E-state index < -0.39 is 0 Å². The van der Waals surface area contributed by atoms with Crippen molar-refractivity contribution in [3.63, 3.8) is 0 Å². The van der Waals surface area contributed by atoms with E-state index in [0.29, 0.717) is 6.54 Å². The zero-order chi connectivity index (χ0) is 18.1. The first-order valence-corrected chi connectivity index (χ1v) is 9.38. The van der Waals surface area contributed by atoms with Gasteiger partial charge >= 0.3 is 0 Å². The largest absolute Gasteiger partial charge is 0.497 e. The number of benzene rings is 1. The van der Waals surface area contributed by atoms with Crippen molar-refractivity contribution >= 4 is 0 Å². The van der Waals surface area contributed by atoms with Gasteiger partial charge in [0.2, 0.25) is 0 Å². The van der Waals surface area contributed by atoms with Gasteiger partial charge in [-0.05, 0) is 30.5 Å². The highest BCUT2D eigenvalue weighted by Gasteiger charge is 2.23. The number of nitrogens with two attached hydrogens (primary N) is 1. The maximum Gasteiger partial charge on any atom is 0.123 e. The lowest BCUT2D eigenvalue weighted by Gasteiger charge is -2.29. The summed E-state index contributed by atoms with van der Waals surface area (Å²) < 4.78 is 16.4. The molecule has 0 saturated heterocycles. The summed E-state index contributed by atoms with van der Waals surface area (Å²) in [7, 11) is 5.10. The Morgan fingerprint density at radius 3 is 2.52 bits per heavy atom. The van der Waals surface area contributed by atoms with E-state index in [1.165, 1.54) is 32.1 Å². The molecule has 1 aliphatic carbocycles. The van der Waals surface area contributed by atoms with Crippen molar-refractivity contribution in [1.82, 2.24) is 5.32 Å². The number of ether oxygens (including phenoxy) is 3. The molecule has 142 valence electrons. The van der Waals surface area contributed by atoms with Crippen LogP contribution >= 0.6 is 0 Å². The second-order valence-electron chi connectivity index (χ2n) is 6.99. The molecule has 0 amide bonds. The molecule has 2 rings (SSSR count). The van der Waals surface area contributed by atoms with Crippen molar-refractivity contribution in [2.45, 2.75) is 57.2 Å². The van der Waals surface area contributed by atoms with Crippen molar-refractivity contribution in [3.05, 3.63) is 23.8 Å². The third kappa shape index (κ3) is 6.17. The predicted molar refractivity (Wildman–Crippen MR) is 101 cm³/mol. The standard InChI is InChI=1S/C20H34N2O3/c1-23-17-9-10-19(24-2)16(12-17)13-22-14-20(25-3)18(21)11-15-7-5-4-6-8-15/h9-10,12,15,18,20,22H,4-8,11,13-14,21H2,1-3H3/t18-,20?/m1/s1. The maximum absolute atomic E-state index is 6.43. The van der Waals surface area contributed by atoms with E-state index in [1.54, 1.807) is 21.3 Å². The van der Waals surface area contributed by atoms with E-state index in [9.17, 15) is 0 Å². The van der Waals surface area contributed by atoms with Crippen LogP contribution in [0.5, 0.6) is 11.5 Å². The van der Waals surface area contributed by atoms with Crippen LogP contribution in [0.25, 0.3) is 0 Å². The normalized spacial score (nSPS) is 17.9. The van der Waals surface area contributed by atoms with E-state index in [0.717, 1.165) is 35.9 Å². The molecule has 1 aliphatic rings. The van der Waals surface area contributed by atoms with Gasteiger partial charge in [0.25, 0.3) is 0 Å². The molecule has 1 aromatic rings. The van der Waals surface area contributed by atoms with Gasteiger partial charge in [0.15, 0.2) is 0 Å². The van der Waals surface area contributed by atoms with E-state index in [2.05, 4.69) is 5.32 Å². The molecule has 3 N–H and O–H groups in total. The fraction of sp³-hybridized carbons (Fsp3) is 0.700. The van der Waals surface area contributed by atoms with Gasteiger partial charge in [-0.1, -0.05) is 32.1 Å². The van der Waals surface area contributed by atoms with E-state index >= 15 is 0 Å². The minimum Gasteiger partial charge on any atom is -0.497 e. The molecule has 0 radical (unpaired) electrons. The Balaban J connectivity index is 1.83. The minimum absolute atomic E-state index is 0.0264. The Hall–Kier alpha value is -1.30. The van der Waals surface area contributed by atoms with Crippen molar-refractivity contribution in [2.24, 2.45) is 11.7 Å². The van der Waals surface area contributed by atoms with Gasteiger partial charge in [0.1, 0.15) is 11.5 Å². The van der Waals surface area contributed by atoms with Gasteiger partial charge in [0, 0.05) is 31.8 Å². The Bertz CT molecular complexity index is 504. The van der Waals surface area contributed by atoms with Crippen LogP contribution in [0.2, 0.25) is 0 Å². The summed E-state index contributed by atoms with van der Waals surface area (Å²) in [5.41, 5.74) is 7.50. The number of nitrogens with one attached hydrogen (secondary N) is 1. The molecule has 2 atom stereocenters. The molecule has 1 fully saturated rings. The Morgan fingerprint density at radius 1 is 1.12 bits per heavy atom. The zero-order valence-electron chi connectivity index (χ0n) is 15.9. The van der Waals surface area contributed by atoms with Crippen molar-refractivity contribution in [1.29, 1.82) is 0 Å². The molecule has 1 aromatic carbocycles. The molecular formula is C20H34N2O3. The average Bonchev–Trinajstić information content (AvgIpc) is 2.65. The lowest BCUT2D eigenvalue weighted by Crippen LogP contribution is -2.44. The first-order chi connectivity index (χ1) is 12.2. The average molecular weight is 351 g/mol. The molecule has 0 aromatic heterocycles. The highest BCUT2D eigenvalue weighted by Crippen LogP contribution is 2.28. The summed E-state index contributed by atoms with van der Waals surface area (Å²) in [6.07, 6.45) is 7.80. The SMILES string of the molecule is COc1ccc(OC)c(CNCC(OC)[C@H](N)CC2CCCCC2)c1. The summed E-state index contributed by atoms with van der Waals surface area (Å²) in [4.78, 5) is 0. The van der Waals surface area contributed by atoms with Crippen LogP contribution in [0.15, 0.2) is 18.2 Å². The fourth-order valence-electron chi connectivity index (χ4n) is 3.74. The number of methoxy groups -OCH3 is 3. The molecule has 0 spiro atoms. The molecule has 5 nitrogen and oxygen atoms in total. The summed E-state index contributed by atoms with van der Waals surface area (Å²) in [6, 6.07) is 5.90. The van der Waals surface area contributed by atoms with Gasteiger partial charge < -0.3 is 25.3 Å². The van der Waals surface area contributed by atoms with Crippen LogP contribution in [0, 0.1) is 5.92 Å². The van der Waals surface area contributed by atoms with Gasteiger partial charge in [-0.25, -0.2) is 0 Å². The lowest BCUT2D eigenvalue weighted by atomic mass is 9.84. The topological polar surface area (TPSA) is 65.7 Å². The second kappa shape index (κ2) is 10.6. The summed E-state index contributed by atoms with van der Waals surface area (Å²) in [5, 5.41) is 3.46. The van der Waals surface area contributed by atoms with Crippen molar-refractivity contribution in [2.75, 3.05) is 27.9 Å². The van der Waals surface area contributed by atoms with Crippen LogP contribution in [-0.2, 0) is 11.3 Å². The van der Waals surface area contributed by atoms with E-state index in [4.69, 9.17) is 19.9 Å². The number of rotatable bonds is 10. The molecule has 0 bridgehead atoms. The predicted octanol–water partition coefficient (Wildman–Crippen LogP) is 3.11. The number of hydrogen-bond acceptors (Lipinski definition) is 5. The highest BCUT2D eigenvalue weighted by molar-refractivity contribution is 5.40. The third-order valence-corrected chi connectivity index (χ3v) is 5.26. The molecule has 5 heteroatoms. The second-order valence-corrected chi connectivity index (χ2v) is 6.99. The van der Waals surface area contributed by atoms with E-state index in [1.807, 2.05) is 18.2 Å². The van der Waals surface area contributed by atoms with Gasteiger partial charge in [0.05, 0.1) is 20.3 Å². The molecule has 1 saturated carbocycles. The van der Waals surface area contributed by atoms with Gasteiger partial charge in [-0.3, -0.25) is 0 Å². The third-order valence-electron chi connectivity index (χ3n) is 5.26. The van der Waals surface area contributed by atoms with Crippen molar-refractivity contribution < 1.29 is 14.2 Å². The summed E-state index contributed by atoms with van der Waals surface area (Å²) in [5.74, 6) is 2.45.